The quantitative estimate of drug-likeness (QED) is 0.447. The molecule has 2 N–H and O–H groups in total. The largest absolute Gasteiger partial charge is 0.480 e. The zero-order valence-electron chi connectivity index (χ0n) is 12.2. The van der Waals surface area contributed by atoms with E-state index in [-0.39, 0.29) is 5.91 Å². The van der Waals surface area contributed by atoms with E-state index in [0.717, 1.165) is 12.8 Å². The molecule has 0 rings (SSSR count). The van der Waals surface area contributed by atoms with Gasteiger partial charge in [0.1, 0.15) is 6.04 Å². The lowest BCUT2D eigenvalue weighted by atomic mass is 10.1. The molecule has 0 aliphatic carbocycles. The van der Waals surface area contributed by atoms with Gasteiger partial charge in [0, 0.05) is 0 Å². The maximum absolute atomic E-state index is 11.3. The van der Waals surface area contributed by atoms with E-state index in [1.54, 1.807) is 0 Å². The third-order valence-corrected chi connectivity index (χ3v) is 2.97. The summed E-state index contributed by atoms with van der Waals surface area (Å²) in [7, 11) is 0. The highest BCUT2D eigenvalue weighted by atomic mass is 16.4. The molecule has 0 unspecified atom stereocenters. The number of carboxylic acid groups (broad SMARTS) is 1. The smallest absolute Gasteiger partial charge is 0.325 e. The number of nitrogens with one attached hydrogen (secondary N) is 1. The molecule has 110 valence electrons. The molecule has 1 atom stereocenters. The van der Waals surface area contributed by atoms with Crippen molar-refractivity contribution in [1.29, 1.82) is 0 Å². The van der Waals surface area contributed by atoms with Crippen molar-refractivity contribution in [2.24, 2.45) is 0 Å². The first-order valence-corrected chi connectivity index (χ1v) is 7.27. The van der Waals surface area contributed by atoms with Gasteiger partial charge in [-0.25, -0.2) is 0 Å². The molecule has 4 nitrogen and oxygen atoms in total. The fourth-order valence-electron chi connectivity index (χ4n) is 1.73. The topological polar surface area (TPSA) is 66.4 Å². The monoisotopic (exact) mass is 269 g/mol. The number of allylic oxidation sites excluding steroid dienone is 1. The lowest BCUT2D eigenvalue weighted by Gasteiger charge is -2.05. The highest BCUT2D eigenvalue weighted by molar-refractivity contribution is 5.90. The van der Waals surface area contributed by atoms with E-state index in [0.29, 0.717) is 0 Å². The number of rotatable bonds is 11. The average Bonchev–Trinajstić information content (AvgIpc) is 2.36. The van der Waals surface area contributed by atoms with Crippen molar-refractivity contribution in [3.63, 3.8) is 0 Å². The van der Waals surface area contributed by atoms with Crippen molar-refractivity contribution < 1.29 is 14.7 Å². The van der Waals surface area contributed by atoms with Gasteiger partial charge in [0.15, 0.2) is 0 Å². The Morgan fingerprint density at radius 1 is 1.11 bits per heavy atom. The molecule has 0 spiro atoms. The van der Waals surface area contributed by atoms with Gasteiger partial charge in [0.05, 0.1) is 0 Å². The Kier molecular flexibility index (Phi) is 10.9. The summed E-state index contributed by atoms with van der Waals surface area (Å²) in [6.45, 7) is 3.66. The molecule has 19 heavy (non-hydrogen) atoms. The van der Waals surface area contributed by atoms with E-state index in [1.807, 2.05) is 6.08 Å². The number of unbranched alkanes of at least 4 members (excludes halogenated alkanes) is 7. The van der Waals surface area contributed by atoms with Crippen LogP contribution in [-0.4, -0.2) is 23.0 Å². The van der Waals surface area contributed by atoms with Crippen LogP contribution in [-0.2, 0) is 9.59 Å². The first-order valence-electron chi connectivity index (χ1n) is 7.27. The van der Waals surface area contributed by atoms with Crippen molar-refractivity contribution in [3.8, 4) is 0 Å². The number of aliphatic carboxylic acids is 1. The van der Waals surface area contributed by atoms with Gasteiger partial charge in [-0.1, -0.05) is 51.5 Å². The SMILES string of the molecule is CCCCCCCCCC=CC(=O)N[C@@H](C)C(=O)O. The second-order valence-electron chi connectivity index (χ2n) is 4.88. The van der Waals surface area contributed by atoms with Gasteiger partial charge >= 0.3 is 5.97 Å². The molecule has 0 bridgehead atoms. The molecule has 0 radical (unpaired) electrons. The minimum absolute atomic E-state index is 0.335. The van der Waals surface area contributed by atoms with Crippen LogP contribution in [0, 0.1) is 0 Å². The predicted molar refractivity (Wildman–Crippen MR) is 77.0 cm³/mol. The van der Waals surface area contributed by atoms with E-state index >= 15 is 0 Å². The van der Waals surface area contributed by atoms with Gasteiger partial charge < -0.3 is 10.4 Å². The molecule has 0 aliphatic rings. The van der Waals surface area contributed by atoms with Gasteiger partial charge in [-0.05, 0) is 25.8 Å². The molecule has 0 saturated heterocycles. The summed E-state index contributed by atoms with van der Waals surface area (Å²) in [4.78, 5) is 21.8. The number of hydrogen-bond donors (Lipinski definition) is 2. The van der Waals surface area contributed by atoms with Crippen LogP contribution in [0.15, 0.2) is 12.2 Å². The number of hydrogen-bond acceptors (Lipinski definition) is 2. The minimum Gasteiger partial charge on any atom is -0.480 e. The average molecular weight is 269 g/mol. The van der Waals surface area contributed by atoms with Gasteiger partial charge in [-0.15, -0.1) is 0 Å². The summed E-state index contributed by atoms with van der Waals surface area (Å²) in [5.74, 6) is -1.35. The number of carboxylic acids is 1. The van der Waals surface area contributed by atoms with E-state index < -0.39 is 12.0 Å². The normalized spacial score (nSPS) is 12.5. The Balaban J connectivity index is 3.47. The summed E-state index contributed by atoms with van der Waals surface area (Å²) >= 11 is 0. The maximum Gasteiger partial charge on any atom is 0.325 e. The molecule has 0 heterocycles. The van der Waals surface area contributed by atoms with E-state index in [1.165, 1.54) is 51.5 Å². The third-order valence-electron chi connectivity index (χ3n) is 2.97. The third kappa shape index (κ3) is 11.5. The van der Waals surface area contributed by atoms with Crippen molar-refractivity contribution >= 4 is 11.9 Å². The van der Waals surface area contributed by atoms with Gasteiger partial charge in [0.2, 0.25) is 5.91 Å². The fourth-order valence-corrected chi connectivity index (χ4v) is 1.73. The van der Waals surface area contributed by atoms with Crippen LogP contribution >= 0.6 is 0 Å². The van der Waals surface area contributed by atoms with E-state index in [2.05, 4.69) is 12.2 Å². The summed E-state index contributed by atoms with van der Waals surface area (Å²) < 4.78 is 0. The van der Waals surface area contributed by atoms with Crippen LogP contribution < -0.4 is 5.32 Å². The molecule has 0 aliphatic heterocycles. The van der Waals surface area contributed by atoms with Crippen molar-refractivity contribution in [3.05, 3.63) is 12.2 Å². The van der Waals surface area contributed by atoms with Crippen LogP contribution in [0.1, 0.15) is 65.2 Å². The van der Waals surface area contributed by atoms with Gasteiger partial charge in [-0.2, -0.15) is 0 Å². The molecule has 4 heteroatoms. The van der Waals surface area contributed by atoms with Crippen LogP contribution in [0.3, 0.4) is 0 Å². The number of carbonyl (C=O) groups is 2. The zero-order chi connectivity index (χ0) is 14.5. The standard InChI is InChI=1S/C15H27NO3/c1-3-4-5-6-7-8-9-10-11-12-14(17)16-13(2)15(18)19/h11-13H,3-10H2,1-2H3,(H,16,17)(H,18,19)/t13-/m0/s1. The summed E-state index contributed by atoms with van der Waals surface area (Å²) in [6.07, 6.45) is 12.9. The van der Waals surface area contributed by atoms with Crippen molar-refractivity contribution in [1.82, 2.24) is 5.32 Å². The fraction of sp³-hybridized carbons (Fsp3) is 0.733. The maximum atomic E-state index is 11.3. The van der Waals surface area contributed by atoms with Crippen LogP contribution in [0.5, 0.6) is 0 Å². The first-order chi connectivity index (χ1) is 9.07. The second-order valence-corrected chi connectivity index (χ2v) is 4.88. The summed E-state index contributed by atoms with van der Waals surface area (Å²) in [5.41, 5.74) is 0. The molecule has 0 saturated carbocycles. The second kappa shape index (κ2) is 11.8. The first kappa shape index (κ1) is 17.7. The minimum atomic E-state index is -1.02. The number of amides is 1. The Morgan fingerprint density at radius 2 is 1.68 bits per heavy atom. The summed E-state index contributed by atoms with van der Waals surface area (Å²) in [6, 6.07) is -0.837. The Hall–Kier alpha value is -1.32. The van der Waals surface area contributed by atoms with Crippen LogP contribution in [0.2, 0.25) is 0 Å². The van der Waals surface area contributed by atoms with Gasteiger partial charge in [0.25, 0.3) is 0 Å². The highest BCUT2D eigenvalue weighted by Gasteiger charge is 2.11. The van der Waals surface area contributed by atoms with E-state index in [9.17, 15) is 9.59 Å². The zero-order valence-corrected chi connectivity index (χ0v) is 12.2. The summed E-state index contributed by atoms with van der Waals surface area (Å²) in [5, 5.41) is 11.0. The molecule has 0 aromatic rings. The Morgan fingerprint density at radius 3 is 2.26 bits per heavy atom. The number of carbonyl (C=O) groups excluding carboxylic acids is 1. The molecule has 0 aromatic heterocycles. The molecular weight excluding hydrogens is 242 g/mol. The van der Waals surface area contributed by atoms with Crippen LogP contribution in [0.4, 0.5) is 0 Å². The van der Waals surface area contributed by atoms with Crippen molar-refractivity contribution in [2.75, 3.05) is 0 Å². The molecule has 0 aromatic carbocycles. The lowest BCUT2D eigenvalue weighted by Crippen LogP contribution is -2.37. The highest BCUT2D eigenvalue weighted by Crippen LogP contribution is 2.08. The van der Waals surface area contributed by atoms with Gasteiger partial charge in [-0.3, -0.25) is 9.59 Å². The predicted octanol–water partition coefficient (Wildman–Crippen LogP) is 3.27. The Labute approximate surface area is 116 Å². The molecular formula is C15H27NO3. The lowest BCUT2D eigenvalue weighted by molar-refractivity contribution is -0.140. The molecule has 0 fully saturated rings. The van der Waals surface area contributed by atoms with Crippen LogP contribution in [0.25, 0.3) is 0 Å². The Bertz CT molecular complexity index is 287. The van der Waals surface area contributed by atoms with E-state index in [4.69, 9.17) is 5.11 Å². The van der Waals surface area contributed by atoms with Crippen molar-refractivity contribution in [2.45, 2.75) is 71.3 Å². The molecule has 1 amide bonds.